The maximum atomic E-state index is 14.0. The smallest absolute Gasteiger partial charge is 0.338 e. The van der Waals surface area contributed by atoms with Crippen LogP contribution in [0.2, 0.25) is 0 Å². The number of carbonyl (C=O) groups excluding carboxylic acids is 5. The predicted molar refractivity (Wildman–Crippen MR) is 203 cm³/mol. The lowest BCUT2D eigenvalue weighted by atomic mass is 9.90. The Morgan fingerprint density at radius 1 is 0.830 bits per heavy atom. The fraction of sp³-hybridized carbons (Fsp3) is 0.450. The zero-order valence-electron chi connectivity index (χ0n) is 31.0. The average molecular weight is 735 g/mol. The number of guanidine groups is 1. The minimum Gasteiger partial charge on any atom is -0.490 e. The molecule has 0 spiro atoms. The van der Waals surface area contributed by atoms with Crippen LogP contribution in [0.25, 0.3) is 0 Å². The third kappa shape index (κ3) is 17.7. The lowest BCUT2D eigenvalue weighted by Gasteiger charge is -2.25. The third-order valence-corrected chi connectivity index (χ3v) is 8.48. The molecule has 0 aliphatic rings. The maximum absolute atomic E-state index is 14.0. The number of nitrogens with two attached hydrogens (primary N) is 2. The van der Waals surface area contributed by atoms with Crippen molar-refractivity contribution in [3.8, 4) is 5.75 Å². The van der Waals surface area contributed by atoms with Crippen LogP contribution in [0, 0.1) is 11.8 Å². The highest BCUT2D eigenvalue weighted by atomic mass is 16.5. The van der Waals surface area contributed by atoms with Crippen LogP contribution in [0.5, 0.6) is 5.75 Å². The van der Waals surface area contributed by atoms with E-state index in [2.05, 4.69) is 34.5 Å². The van der Waals surface area contributed by atoms with E-state index in [9.17, 15) is 24.0 Å². The largest absolute Gasteiger partial charge is 0.490 e. The van der Waals surface area contributed by atoms with E-state index >= 15 is 0 Å². The van der Waals surface area contributed by atoms with E-state index in [1.807, 2.05) is 42.5 Å². The summed E-state index contributed by atoms with van der Waals surface area (Å²) in [6.07, 6.45) is 5.71. The van der Waals surface area contributed by atoms with Crippen LogP contribution >= 0.6 is 0 Å². The second kappa shape index (κ2) is 24.8. The minimum atomic E-state index is -1.02. The number of hydrogen-bond acceptors (Lipinski definition) is 7. The van der Waals surface area contributed by atoms with Crippen molar-refractivity contribution in [2.24, 2.45) is 23.3 Å². The number of Topliss-reactive ketones (excluding diaryl/α,β-unsaturated/α-hetero) is 2. The topological polar surface area (TPSA) is 222 Å². The van der Waals surface area contributed by atoms with Gasteiger partial charge >= 0.3 is 11.9 Å². The number of unbranched alkanes of at least 4 members (excludes halogenated alkanes) is 1. The van der Waals surface area contributed by atoms with Crippen LogP contribution in [0.3, 0.4) is 0 Å². The van der Waals surface area contributed by atoms with Gasteiger partial charge in [0.1, 0.15) is 30.8 Å². The second-order valence-corrected chi connectivity index (χ2v) is 13.0. The molecular weight excluding hydrogens is 676 g/mol. The molecule has 13 heteroatoms. The predicted octanol–water partition coefficient (Wildman–Crippen LogP) is 0.800. The van der Waals surface area contributed by atoms with Gasteiger partial charge in [-0.2, -0.15) is 0 Å². The third-order valence-electron chi connectivity index (χ3n) is 8.48. The first kappa shape index (κ1) is 43.9. The Hall–Kier alpha value is -5.30. The number of amides is 2. The Kier molecular flexibility index (Phi) is 20.5. The Balaban J connectivity index is 2.26. The van der Waals surface area contributed by atoms with Crippen molar-refractivity contribution in [1.82, 2.24) is 10.6 Å². The Morgan fingerprint density at radius 3 is 2.13 bits per heavy atom. The van der Waals surface area contributed by atoms with Crippen LogP contribution in [-0.4, -0.2) is 67.1 Å². The number of nitrogens with one attached hydrogen (secondary N) is 3. The van der Waals surface area contributed by atoms with E-state index in [-0.39, 0.29) is 56.2 Å². The van der Waals surface area contributed by atoms with Crippen molar-refractivity contribution in [1.29, 1.82) is 0 Å². The number of rotatable bonds is 27. The van der Waals surface area contributed by atoms with Gasteiger partial charge in [0.15, 0.2) is 5.78 Å². The number of carbonyl (C=O) groups is 5. The molecule has 0 bridgehead atoms. The zero-order chi connectivity index (χ0) is 39.0. The molecule has 10 N–H and O–H groups in total. The van der Waals surface area contributed by atoms with Gasteiger partial charge in [-0.15, -0.1) is 6.58 Å². The summed E-state index contributed by atoms with van der Waals surface area (Å²) < 4.78 is 11.0. The summed E-state index contributed by atoms with van der Waals surface area (Å²) in [6.45, 7) is 10.2. The van der Waals surface area contributed by atoms with Gasteiger partial charge in [0.05, 0.1) is 19.1 Å². The monoisotopic (exact) mass is 734 g/mol. The van der Waals surface area contributed by atoms with Crippen molar-refractivity contribution >= 4 is 35.3 Å². The van der Waals surface area contributed by atoms with Crippen molar-refractivity contribution in [3.05, 3.63) is 91.0 Å². The lowest BCUT2D eigenvalue weighted by Crippen LogP contribution is -2.78. The molecule has 0 radical (unpaired) electrons. The standard InChI is InChI=1S/C40H56N6O7/c1-4-12-35(39(51)53-27-30-13-7-6-8-14-30)46-37(49)31(15-11-22-44-40(42)43)26-36(48)34(16-9-10-21-41)45-38(50)32(24-28(3)47)25-29-17-19-33(20-18-29)52-23-5-2/h4-8,13-14,17-20,31-32,34-35H,1-2,9-12,15-16,21-27,41H2,3H3,(H,45,50)(H,46,49)(H4,42,43,44)/p+2/t31-,32-,34+,35-/m0/s1. The number of hydrogen-bond donors (Lipinski definition) is 6. The van der Waals surface area contributed by atoms with Crippen molar-refractivity contribution in [2.45, 2.75) is 83.4 Å². The number of ketones is 2. The summed E-state index contributed by atoms with van der Waals surface area (Å²) in [5.74, 6) is -2.95. The number of ether oxygens (including phenoxy) is 2. The zero-order valence-corrected chi connectivity index (χ0v) is 31.0. The van der Waals surface area contributed by atoms with E-state index < -0.39 is 41.7 Å². The molecule has 0 saturated carbocycles. The SMILES string of the molecule is C=CCOc1ccc(C[C@H](CC(C)=O)C(=O)N[C@H](CCCC[NH3+])C(=O)C[C@H](CCC[NH+]=C(N)N)C(=O)N[C@@H](CC=C)C(=O)OCc2ccccc2)cc1. The molecule has 2 aromatic rings. The first-order valence-electron chi connectivity index (χ1n) is 18.1. The molecule has 288 valence electrons. The summed E-state index contributed by atoms with van der Waals surface area (Å²) in [5, 5.41) is 5.68. The summed E-state index contributed by atoms with van der Waals surface area (Å²) in [4.78, 5) is 69.6. The summed E-state index contributed by atoms with van der Waals surface area (Å²) in [5.41, 5.74) is 16.6. The molecule has 0 fully saturated rings. The van der Waals surface area contributed by atoms with Gasteiger partial charge in [0, 0.05) is 24.7 Å². The molecule has 0 aromatic heterocycles. The fourth-order valence-corrected chi connectivity index (χ4v) is 5.69. The Labute approximate surface area is 312 Å². The number of benzene rings is 2. The van der Waals surface area contributed by atoms with Gasteiger partial charge in [-0.05, 0) is 75.1 Å². The first-order chi connectivity index (χ1) is 25.5. The lowest BCUT2D eigenvalue weighted by molar-refractivity contribution is -0.459. The van der Waals surface area contributed by atoms with E-state index in [4.69, 9.17) is 20.9 Å². The van der Waals surface area contributed by atoms with Gasteiger partial charge in [-0.25, -0.2) is 4.79 Å². The van der Waals surface area contributed by atoms with Gasteiger partial charge in [-0.3, -0.25) is 30.8 Å². The molecule has 2 rings (SSSR count). The molecule has 0 heterocycles. The van der Waals surface area contributed by atoms with E-state index in [1.54, 1.807) is 18.2 Å². The van der Waals surface area contributed by atoms with Crippen LogP contribution in [-0.2, 0) is 41.7 Å². The van der Waals surface area contributed by atoms with Crippen molar-refractivity contribution < 1.29 is 44.2 Å². The van der Waals surface area contributed by atoms with Gasteiger partial charge < -0.3 is 30.6 Å². The summed E-state index contributed by atoms with van der Waals surface area (Å²) >= 11 is 0. The second-order valence-electron chi connectivity index (χ2n) is 13.0. The summed E-state index contributed by atoms with van der Waals surface area (Å²) in [7, 11) is 0. The number of esters is 1. The van der Waals surface area contributed by atoms with Gasteiger partial charge in [0.25, 0.3) is 0 Å². The molecule has 2 aromatic carbocycles. The van der Waals surface area contributed by atoms with Crippen LogP contribution < -0.4 is 37.6 Å². The minimum absolute atomic E-state index is 0.00920. The Morgan fingerprint density at radius 2 is 1.51 bits per heavy atom. The van der Waals surface area contributed by atoms with E-state index in [0.717, 1.165) is 17.5 Å². The van der Waals surface area contributed by atoms with Crippen molar-refractivity contribution in [2.75, 3.05) is 19.7 Å². The Bertz CT molecular complexity index is 1510. The molecule has 0 aliphatic carbocycles. The molecule has 13 nitrogen and oxygen atoms in total. The molecule has 0 unspecified atom stereocenters. The quantitative estimate of drug-likeness (QED) is 0.0251. The maximum Gasteiger partial charge on any atom is 0.338 e. The van der Waals surface area contributed by atoms with E-state index in [1.165, 1.54) is 13.0 Å². The first-order valence-corrected chi connectivity index (χ1v) is 18.1. The van der Waals surface area contributed by atoms with E-state index in [0.29, 0.717) is 44.7 Å². The molecule has 53 heavy (non-hydrogen) atoms. The average Bonchev–Trinajstić information content (AvgIpc) is 3.13. The number of quaternary nitrogens is 1. The van der Waals surface area contributed by atoms with Gasteiger partial charge in [-0.1, -0.05) is 61.2 Å². The molecule has 0 saturated heterocycles. The highest BCUT2D eigenvalue weighted by Gasteiger charge is 2.32. The molecule has 0 aliphatic heterocycles. The summed E-state index contributed by atoms with van der Waals surface area (Å²) in [6, 6.07) is 14.5. The van der Waals surface area contributed by atoms with Crippen molar-refractivity contribution in [3.63, 3.8) is 0 Å². The van der Waals surface area contributed by atoms with Crippen LogP contribution in [0.1, 0.15) is 69.4 Å². The highest BCUT2D eigenvalue weighted by molar-refractivity contribution is 5.94. The highest BCUT2D eigenvalue weighted by Crippen LogP contribution is 2.20. The van der Waals surface area contributed by atoms with Crippen LogP contribution in [0.15, 0.2) is 79.9 Å². The fourth-order valence-electron chi connectivity index (χ4n) is 5.69. The molecular formula is C40H58N6O7+2. The van der Waals surface area contributed by atoms with Gasteiger partial charge in [0.2, 0.25) is 11.8 Å². The normalized spacial score (nSPS) is 12.9. The molecule has 4 atom stereocenters. The van der Waals surface area contributed by atoms with Crippen LogP contribution in [0.4, 0.5) is 0 Å². The molecule has 2 amide bonds.